The Morgan fingerprint density at radius 1 is 1.23 bits per heavy atom. The van der Waals surface area contributed by atoms with Gasteiger partial charge in [0.05, 0.1) is 11.7 Å². The molecule has 2 heterocycles. The maximum absolute atomic E-state index is 12.9. The molecule has 0 saturated carbocycles. The van der Waals surface area contributed by atoms with Crippen LogP contribution in [-0.4, -0.2) is 26.4 Å². The minimum atomic E-state index is -0.145. The Labute approximate surface area is 156 Å². The monoisotopic (exact) mass is 369 g/mol. The van der Waals surface area contributed by atoms with Crippen molar-refractivity contribution < 1.29 is 4.79 Å². The number of hydrogen-bond donors (Lipinski definition) is 0. The summed E-state index contributed by atoms with van der Waals surface area (Å²) in [5.74, 6) is -0.0864. The highest BCUT2D eigenvalue weighted by molar-refractivity contribution is 7.18. The first-order chi connectivity index (χ1) is 12.4. The molecule has 0 spiro atoms. The zero-order valence-corrected chi connectivity index (χ0v) is 16.3. The number of carbonyl (C=O) groups excluding carboxylic acids is 1. The van der Waals surface area contributed by atoms with Crippen LogP contribution < -0.4 is 5.56 Å². The van der Waals surface area contributed by atoms with Gasteiger partial charge in [-0.2, -0.15) is 0 Å². The van der Waals surface area contributed by atoms with Gasteiger partial charge in [0, 0.05) is 17.5 Å². The fourth-order valence-electron chi connectivity index (χ4n) is 2.96. The molecule has 0 bridgehead atoms. The van der Waals surface area contributed by atoms with Gasteiger partial charge in [0.1, 0.15) is 11.4 Å². The van der Waals surface area contributed by atoms with E-state index in [4.69, 9.17) is 0 Å². The maximum atomic E-state index is 12.9. The van der Waals surface area contributed by atoms with Crippen molar-refractivity contribution >= 4 is 27.5 Å². The van der Waals surface area contributed by atoms with Gasteiger partial charge in [-0.3, -0.25) is 14.2 Å². The summed E-state index contributed by atoms with van der Waals surface area (Å²) in [6.45, 7) is 8.41. The first kappa shape index (κ1) is 18.3. The molecule has 0 aliphatic rings. The molecule has 0 radical (unpaired) electrons. The van der Waals surface area contributed by atoms with Crippen molar-refractivity contribution in [3.63, 3.8) is 0 Å². The average molecular weight is 369 g/mol. The molecule has 0 N–H and O–H groups in total. The van der Waals surface area contributed by atoms with Gasteiger partial charge in [0.25, 0.3) is 5.56 Å². The van der Waals surface area contributed by atoms with Crippen LogP contribution in [0.4, 0.5) is 0 Å². The van der Waals surface area contributed by atoms with Crippen LogP contribution >= 0.6 is 11.3 Å². The van der Waals surface area contributed by atoms with Crippen molar-refractivity contribution in [1.82, 2.24) is 14.5 Å². The summed E-state index contributed by atoms with van der Waals surface area (Å²) in [6, 6.07) is 9.92. The molecule has 0 unspecified atom stereocenters. The largest absolute Gasteiger partial charge is 0.334 e. The van der Waals surface area contributed by atoms with Gasteiger partial charge in [-0.05, 0) is 38.8 Å². The van der Waals surface area contributed by atoms with Crippen LogP contribution in [0.1, 0.15) is 29.9 Å². The number of aryl methyl sites for hydroxylation is 2. The molecule has 136 valence electrons. The lowest BCUT2D eigenvalue weighted by atomic mass is 10.2. The first-order valence-electron chi connectivity index (χ1n) is 8.67. The second-order valence-electron chi connectivity index (χ2n) is 6.74. The van der Waals surface area contributed by atoms with Gasteiger partial charge < -0.3 is 4.90 Å². The van der Waals surface area contributed by atoms with Crippen molar-refractivity contribution in [3.05, 3.63) is 63.0 Å². The normalized spacial score (nSPS) is 11.3. The minimum absolute atomic E-state index is 0.00111. The van der Waals surface area contributed by atoms with Crippen molar-refractivity contribution in [2.45, 2.75) is 46.8 Å². The smallest absolute Gasteiger partial charge is 0.262 e. The number of thiophene rings is 1. The number of amides is 1. The standard InChI is InChI=1S/C20H23N3O2S/c1-13(2)23(10-16-8-6-5-7-9-16)17(24)11-22-12-21-19-18(20(22)25)14(3)15(4)26-19/h5-9,12-13H,10-11H2,1-4H3. The predicted octanol–water partition coefficient (Wildman–Crippen LogP) is 3.51. The molecule has 0 saturated heterocycles. The third-order valence-electron chi connectivity index (χ3n) is 4.60. The summed E-state index contributed by atoms with van der Waals surface area (Å²) in [4.78, 5) is 33.7. The molecule has 3 rings (SSSR count). The Kier molecular flexibility index (Phi) is 5.23. The molecule has 6 heteroatoms. The van der Waals surface area contributed by atoms with Gasteiger partial charge in [0.2, 0.25) is 5.91 Å². The van der Waals surface area contributed by atoms with Gasteiger partial charge >= 0.3 is 0 Å². The van der Waals surface area contributed by atoms with Crippen LogP contribution in [0.25, 0.3) is 10.2 Å². The van der Waals surface area contributed by atoms with E-state index in [0.29, 0.717) is 11.9 Å². The van der Waals surface area contributed by atoms with Crippen molar-refractivity contribution in [2.75, 3.05) is 0 Å². The first-order valence-corrected chi connectivity index (χ1v) is 9.48. The van der Waals surface area contributed by atoms with Crippen LogP contribution in [0.2, 0.25) is 0 Å². The molecule has 5 nitrogen and oxygen atoms in total. The van der Waals surface area contributed by atoms with Gasteiger partial charge in [-0.25, -0.2) is 4.98 Å². The highest BCUT2D eigenvalue weighted by Crippen LogP contribution is 2.25. The molecule has 26 heavy (non-hydrogen) atoms. The van der Waals surface area contributed by atoms with E-state index in [-0.39, 0.29) is 24.1 Å². The lowest BCUT2D eigenvalue weighted by molar-refractivity contribution is -0.134. The second kappa shape index (κ2) is 7.41. The lowest BCUT2D eigenvalue weighted by Crippen LogP contribution is -2.40. The summed E-state index contributed by atoms with van der Waals surface area (Å²) in [6.07, 6.45) is 1.49. The molecule has 0 aliphatic heterocycles. The average Bonchev–Trinajstić information content (AvgIpc) is 2.91. The lowest BCUT2D eigenvalue weighted by Gasteiger charge is -2.27. The molecule has 2 aromatic heterocycles. The molecular weight excluding hydrogens is 346 g/mol. The van der Waals surface area contributed by atoms with Crippen LogP contribution in [0.5, 0.6) is 0 Å². The van der Waals surface area contributed by atoms with Crippen molar-refractivity contribution in [3.8, 4) is 0 Å². The van der Waals surface area contributed by atoms with E-state index in [1.165, 1.54) is 22.2 Å². The van der Waals surface area contributed by atoms with Crippen LogP contribution in [0, 0.1) is 13.8 Å². The molecule has 1 aromatic carbocycles. The third kappa shape index (κ3) is 3.55. The third-order valence-corrected chi connectivity index (χ3v) is 5.72. The minimum Gasteiger partial charge on any atom is -0.334 e. The SMILES string of the molecule is Cc1sc2ncn(CC(=O)N(Cc3ccccc3)C(C)C)c(=O)c2c1C. The number of aromatic nitrogens is 2. The maximum Gasteiger partial charge on any atom is 0.262 e. The Morgan fingerprint density at radius 2 is 1.92 bits per heavy atom. The van der Waals surface area contributed by atoms with Gasteiger partial charge in [0.15, 0.2) is 0 Å². The molecule has 3 aromatic rings. The molecular formula is C20H23N3O2S. The number of fused-ring (bicyclic) bond motifs is 1. The van der Waals surface area contributed by atoms with E-state index in [0.717, 1.165) is 20.8 Å². The Bertz CT molecular complexity index is 989. The number of hydrogen-bond acceptors (Lipinski definition) is 4. The summed E-state index contributed by atoms with van der Waals surface area (Å²) in [7, 11) is 0. The highest BCUT2D eigenvalue weighted by atomic mass is 32.1. The molecule has 1 amide bonds. The van der Waals surface area contributed by atoms with E-state index in [1.54, 1.807) is 4.90 Å². The quantitative estimate of drug-likeness (QED) is 0.691. The van der Waals surface area contributed by atoms with E-state index >= 15 is 0 Å². The van der Waals surface area contributed by atoms with Crippen molar-refractivity contribution in [1.29, 1.82) is 0 Å². The van der Waals surface area contributed by atoms with Crippen LogP contribution in [0.3, 0.4) is 0 Å². The topological polar surface area (TPSA) is 55.2 Å². The van der Waals surface area contributed by atoms with Crippen LogP contribution in [0.15, 0.2) is 41.5 Å². The van der Waals surface area contributed by atoms with E-state index < -0.39 is 0 Å². The summed E-state index contributed by atoms with van der Waals surface area (Å²) < 4.78 is 1.42. The Balaban J connectivity index is 1.88. The molecule has 0 fully saturated rings. The zero-order chi connectivity index (χ0) is 18.8. The van der Waals surface area contributed by atoms with Crippen LogP contribution in [-0.2, 0) is 17.9 Å². The van der Waals surface area contributed by atoms with Crippen molar-refractivity contribution in [2.24, 2.45) is 0 Å². The van der Waals surface area contributed by atoms with Gasteiger partial charge in [-0.1, -0.05) is 30.3 Å². The Morgan fingerprint density at radius 3 is 2.58 bits per heavy atom. The summed E-state index contributed by atoms with van der Waals surface area (Å²) >= 11 is 1.51. The number of nitrogens with zero attached hydrogens (tertiary/aromatic N) is 3. The fourth-order valence-corrected chi connectivity index (χ4v) is 3.95. The van der Waals surface area contributed by atoms with E-state index in [2.05, 4.69) is 4.98 Å². The number of benzene rings is 1. The number of carbonyl (C=O) groups is 1. The van der Waals surface area contributed by atoms with E-state index in [9.17, 15) is 9.59 Å². The summed E-state index contributed by atoms with van der Waals surface area (Å²) in [5.41, 5.74) is 1.88. The second-order valence-corrected chi connectivity index (χ2v) is 7.95. The predicted molar refractivity (Wildman–Crippen MR) is 105 cm³/mol. The van der Waals surface area contributed by atoms with Gasteiger partial charge in [-0.15, -0.1) is 11.3 Å². The summed E-state index contributed by atoms with van der Waals surface area (Å²) in [5, 5.41) is 0.627. The Hall–Kier alpha value is -2.47. The highest BCUT2D eigenvalue weighted by Gasteiger charge is 2.20. The van der Waals surface area contributed by atoms with E-state index in [1.807, 2.05) is 58.0 Å². The molecule has 0 aliphatic carbocycles. The molecule has 0 atom stereocenters. The zero-order valence-electron chi connectivity index (χ0n) is 15.5. The number of rotatable bonds is 5. The fraction of sp³-hybridized carbons (Fsp3) is 0.350.